The van der Waals surface area contributed by atoms with Crippen molar-refractivity contribution in [2.45, 2.75) is 19.4 Å². The maximum Gasteiger partial charge on any atom is 0.201 e. The van der Waals surface area contributed by atoms with E-state index in [2.05, 4.69) is 11.9 Å². The summed E-state index contributed by atoms with van der Waals surface area (Å²) in [5.74, 6) is 0.506. The van der Waals surface area contributed by atoms with Crippen molar-refractivity contribution in [3.63, 3.8) is 0 Å². The Balaban J connectivity index is 2.55. The lowest BCUT2D eigenvalue weighted by atomic mass is 10.2. The number of hydrogen-bond acceptors (Lipinski definition) is 3. The number of halogens is 1. The van der Waals surface area contributed by atoms with Gasteiger partial charge >= 0.3 is 0 Å². The van der Waals surface area contributed by atoms with Gasteiger partial charge in [-0.05, 0) is 24.6 Å². The predicted molar refractivity (Wildman–Crippen MR) is 70.4 cm³/mol. The third kappa shape index (κ3) is 2.23. The number of fused-ring (bicyclic) bond motifs is 1. The Morgan fingerprint density at radius 3 is 2.94 bits per heavy atom. The van der Waals surface area contributed by atoms with E-state index in [1.54, 1.807) is 7.11 Å². The van der Waals surface area contributed by atoms with Crippen molar-refractivity contribution in [1.29, 1.82) is 0 Å². The van der Waals surface area contributed by atoms with Crippen LogP contribution in [0.2, 0.25) is 5.02 Å². The van der Waals surface area contributed by atoms with Crippen LogP contribution in [0.3, 0.4) is 0 Å². The molecule has 0 spiro atoms. The zero-order valence-corrected chi connectivity index (χ0v) is 10.7. The molecule has 0 radical (unpaired) electrons. The number of methoxy groups -OCH3 is 1. The van der Waals surface area contributed by atoms with Crippen LogP contribution >= 0.6 is 11.6 Å². The lowest BCUT2D eigenvalue weighted by molar-refractivity contribution is 0.155. The molecule has 1 aromatic carbocycles. The molecular formula is C12H16ClN3O. The summed E-state index contributed by atoms with van der Waals surface area (Å²) in [5.41, 5.74) is 7.78. The lowest BCUT2D eigenvalue weighted by Gasteiger charge is -2.17. The second-order valence-electron chi connectivity index (χ2n) is 3.99. The molecule has 5 heteroatoms. The van der Waals surface area contributed by atoms with Gasteiger partial charge in [-0.2, -0.15) is 0 Å². The van der Waals surface area contributed by atoms with Gasteiger partial charge in [0.15, 0.2) is 0 Å². The van der Waals surface area contributed by atoms with E-state index in [0.717, 1.165) is 17.5 Å². The standard InChI is InChI=1S/C12H16ClN3O/c1-3-9(7-17-2)16-11-5-4-8(13)6-10(11)15-12(16)14/h4-6,9H,3,7H2,1-2H3,(H2,14,15). The number of hydrogen-bond donors (Lipinski definition) is 1. The van der Waals surface area contributed by atoms with E-state index in [1.807, 2.05) is 22.8 Å². The Labute approximate surface area is 105 Å². The van der Waals surface area contributed by atoms with Gasteiger partial charge in [0.05, 0.1) is 23.7 Å². The van der Waals surface area contributed by atoms with Crippen LogP contribution in [-0.2, 0) is 4.74 Å². The van der Waals surface area contributed by atoms with Crippen LogP contribution in [0, 0.1) is 0 Å². The Hall–Kier alpha value is -1.26. The highest BCUT2D eigenvalue weighted by atomic mass is 35.5. The first kappa shape index (κ1) is 12.2. The Morgan fingerprint density at radius 2 is 2.29 bits per heavy atom. The van der Waals surface area contributed by atoms with E-state index in [-0.39, 0.29) is 6.04 Å². The monoisotopic (exact) mass is 253 g/mol. The smallest absolute Gasteiger partial charge is 0.201 e. The molecule has 2 aromatic rings. The molecule has 0 aliphatic carbocycles. The van der Waals surface area contributed by atoms with Gasteiger partial charge in [0.2, 0.25) is 5.95 Å². The summed E-state index contributed by atoms with van der Waals surface area (Å²) >= 11 is 5.94. The van der Waals surface area contributed by atoms with Crippen molar-refractivity contribution < 1.29 is 4.74 Å². The fraction of sp³-hybridized carbons (Fsp3) is 0.417. The van der Waals surface area contributed by atoms with Gasteiger partial charge < -0.3 is 15.0 Å². The molecule has 0 aliphatic heterocycles. The first-order chi connectivity index (χ1) is 8.17. The van der Waals surface area contributed by atoms with Crippen LogP contribution < -0.4 is 5.73 Å². The SMILES string of the molecule is CCC(COC)n1c(N)nc2cc(Cl)ccc21. The van der Waals surface area contributed by atoms with E-state index < -0.39 is 0 Å². The summed E-state index contributed by atoms with van der Waals surface area (Å²) in [4.78, 5) is 4.33. The molecular weight excluding hydrogens is 238 g/mol. The van der Waals surface area contributed by atoms with Crippen LogP contribution in [0.1, 0.15) is 19.4 Å². The van der Waals surface area contributed by atoms with Gasteiger partial charge in [0.1, 0.15) is 0 Å². The molecule has 0 saturated carbocycles. The van der Waals surface area contributed by atoms with Crippen molar-refractivity contribution in [3.8, 4) is 0 Å². The fourth-order valence-corrected chi connectivity index (χ4v) is 2.21. The second-order valence-corrected chi connectivity index (χ2v) is 4.43. The summed E-state index contributed by atoms with van der Waals surface area (Å²) in [6.07, 6.45) is 0.937. The van der Waals surface area contributed by atoms with Gasteiger partial charge in [0.25, 0.3) is 0 Å². The number of nitrogens with zero attached hydrogens (tertiary/aromatic N) is 2. The number of imidazole rings is 1. The highest BCUT2D eigenvalue weighted by Gasteiger charge is 2.16. The minimum atomic E-state index is 0.200. The van der Waals surface area contributed by atoms with Gasteiger partial charge in [-0.25, -0.2) is 4.98 Å². The molecule has 0 fully saturated rings. The molecule has 0 aliphatic rings. The third-order valence-corrected chi connectivity index (χ3v) is 3.11. The highest BCUT2D eigenvalue weighted by Crippen LogP contribution is 2.26. The molecule has 1 aromatic heterocycles. The number of anilines is 1. The normalized spacial score (nSPS) is 13.1. The summed E-state index contributed by atoms with van der Waals surface area (Å²) in [7, 11) is 1.69. The quantitative estimate of drug-likeness (QED) is 0.912. The number of rotatable bonds is 4. The molecule has 1 atom stereocenters. The molecule has 0 bridgehead atoms. The molecule has 2 N–H and O–H groups in total. The van der Waals surface area contributed by atoms with Gasteiger partial charge in [0, 0.05) is 12.1 Å². The van der Waals surface area contributed by atoms with Crippen molar-refractivity contribution >= 4 is 28.6 Å². The number of benzene rings is 1. The summed E-state index contributed by atoms with van der Waals surface area (Å²) in [6.45, 7) is 2.72. The van der Waals surface area contributed by atoms with Gasteiger partial charge in [-0.3, -0.25) is 0 Å². The van der Waals surface area contributed by atoms with Crippen LogP contribution in [0.25, 0.3) is 11.0 Å². The lowest BCUT2D eigenvalue weighted by Crippen LogP contribution is -2.15. The molecule has 0 amide bonds. The van der Waals surface area contributed by atoms with E-state index in [4.69, 9.17) is 22.1 Å². The number of aromatic nitrogens is 2. The van der Waals surface area contributed by atoms with Gasteiger partial charge in [-0.15, -0.1) is 0 Å². The Bertz CT molecular complexity index is 524. The third-order valence-electron chi connectivity index (χ3n) is 2.87. The predicted octanol–water partition coefficient (Wildman–Crippen LogP) is 2.87. The minimum Gasteiger partial charge on any atom is -0.383 e. The van der Waals surface area contributed by atoms with E-state index in [0.29, 0.717) is 17.6 Å². The van der Waals surface area contributed by atoms with Crippen molar-refractivity contribution in [2.24, 2.45) is 0 Å². The van der Waals surface area contributed by atoms with Crippen molar-refractivity contribution in [3.05, 3.63) is 23.2 Å². The number of nitrogen functional groups attached to an aromatic ring is 1. The summed E-state index contributed by atoms with van der Waals surface area (Å²) < 4.78 is 7.23. The summed E-state index contributed by atoms with van der Waals surface area (Å²) in [6, 6.07) is 5.81. The minimum absolute atomic E-state index is 0.200. The van der Waals surface area contributed by atoms with Crippen molar-refractivity contribution in [2.75, 3.05) is 19.5 Å². The highest BCUT2D eigenvalue weighted by molar-refractivity contribution is 6.31. The van der Waals surface area contributed by atoms with Crippen LogP contribution in [-0.4, -0.2) is 23.3 Å². The zero-order valence-electron chi connectivity index (χ0n) is 9.98. The molecule has 1 unspecified atom stereocenters. The summed E-state index contributed by atoms with van der Waals surface area (Å²) in [5, 5.41) is 0.668. The first-order valence-electron chi connectivity index (χ1n) is 5.59. The maximum atomic E-state index is 5.96. The van der Waals surface area contributed by atoms with Crippen LogP contribution in [0.15, 0.2) is 18.2 Å². The average Bonchev–Trinajstić information content (AvgIpc) is 2.61. The maximum absolute atomic E-state index is 5.96. The average molecular weight is 254 g/mol. The topological polar surface area (TPSA) is 53.1 Å². The van der Waals surface area contributed by atoms with E-state index >= 15 is 0 Å². The van der Waals surface area contributed by atoms with Crippen LogP contribution in [0.4, 0.5) is 5.95 Å². The zero-order chi connectivity index (χ0) is 12.4. The fourth-order valence-electron chi connectivity index (χ4n) is 2.04. The molecule has 4 nitrogen and oxygen atoms in total. The molecule has 2 rings (SSSR count). The Morgan fingerprint density at radius 1 is 1.53 bits per heavy atom. The van der Waals surface area contributed by atoms with Crippen LogP contribution in [0.5, 0.6) is 0 Å². The first-order valence-corrected chi connectivity index (χ1v) is 5.97. The second kappa shape index (κ2) is 4.94. The van der Waals surface area contributed by atoms with Gasteiger partial charge in [-0.1, -0.05) is 18.5 Å². The molecule has 92 valence electrons. The number of ether oxygens (including phenoxy) is 1. The molecule has 17 heavy (non-hydrogen) atoms. The van der Waals surface area contributed by atoms with Crippen molar-refractivity contribution in [1.82, 2.24) is 9.55 Å². The van der Waals surface area contributed by atoms with E-state index in [9.17, 15) is 0 Å². The van der Waals surface area contributed by atoms with E-state index in [1.165, 1.54) is 0 Å². The molecule has 1 heterocycles. The number of nitrogens with two attached hydrogens (primary N) is 1. The Kier molecular flexibility index (Phi) is 3.54. The molecule has 0 saturated heterocycles. The largest absolute Gasteiger partial charge is 0.383 e.